The number of nitrogens with zero attached hydrogens (tertiary/aromatic N) is 2. The molecule has 0 spiro atoms. The van der Waals surface area contributed by atoms with Crippen LogP contribution in [0.5, 0.6) is 5.75 Å². The normalized spacial score (nSPS) is 18.2. The Labute approximate surface area is 146 Å². The quantitative estimate of drug-likeness (QED) is 0.602. The summed E-state index contributed by atoms with van der Waals surface area (Å²) in [6, 6.07) is 12.8. The van der Waals surface area contributed by atoms with Crippen molar-refractivity contribution in [1.29, 1.82) is 0 Å². The Bertz CT molecular complexity index is 883. The molecule has 1 fully saturated rings. The molecule has 2 aromatic rings. The molecular weight excluding hydrogens is 344 g/mol. The fraction of sp³-hybridized carbons (Fsp3) is 0.294. The van der Waals surface area contributed by atoms with Crippen LogP contribution in [0.4, 0.5) is 5.69 Å². The third-order valence-electron chi connectivity index (χ3n) is 4.34. The van der Waals surface area contributed by atoms with E-state index >= 15 is 0 Å². The van der Waals surface area contributed by atoms with Crippen LogP contribution < -0.4 is 4.74 Å². The van der Waals surface area contributed by atoms with E-state index in [0.29, 0.717) is 19.4 Å². The standard InChI is InChI=1S/C17H18N2O5S/c1-24-14-9-10-17(16(12-14)19(20)21)25(22,23)18-11-5-8-15(18)13-6-3-2-4-7-13/h2-4,6-7,9-10,12,15H,5,8,11H2,1H3. The Morgan fingerprint density at radius 1 is 1.20 bits per heavy atom. The number of sulfonamides is 1. The average molecular weight is 362 g/mol. The zero-order chi connectivity index (χ0) is 18.0. The Morgan fingerprint density at radius 3 is 2.56 bits per heavy atom. The largest absolute Gasteiger partial charge is 0.497 e. The molecule has 1 saturated heterocycles. The van der Waals surface area contributed by atoms with Crippen LogP contribution in [-0.2, 0) is 10.0 Å². The lowest BCUT2D eigenvalue weighted by Gasteiger charge is -2.24. The van der Waals surface area contributed by atoms with Crippen molar-refractivity contribution < 1.29 is 18.1 Å². The van der Waals surface area contributed by atoms with E-state index in [1.165, 1.54) is 23.5 Å². The second-order valence-corrected chi connectivity index (χ2v) is 7.63. The summed E-state index contributed by atoms with van der Waals surface area (Å²) in [6.45, 7) is 0.338. The lowest BCUT2D eigenvalue weighted by atomic mass is 10.1. The minimum atomic E-state index is -4.00. The lowest BCUT2D eigenvalue weighted by Crippen LogP contribution is -2.31. The Morgan fingerprint density at radius 2 is 1.92 bits per heavy atom. The summed E-state index contributed by atoms with van der Waals surface area (Å²) in [5, 5.41) is 11.4. The van der Waals surface area contributed by atoms with Crippen molar-refractivity contribution in [2.24, 2.45) is 0 Å². The number of benzene rings is 2. The number of hydrogen-bond donors (Lipinski definition) is 0. The number of ether oxygens (including phenoxy) is 1. The van der Waals surface area contributed by atoms with Gasteiger partial charge in [-0.05, 0) is 30.5 Å². The highest BCUT2D eigenvalue weighted by Gasteiger charge is 2.39. The van der Waals surface area contributed by atoms with E-state index in [4.69, 9.17) is 4.74 Å². The molecule has 8 heteroatoms. The molecular formula is C17H18N2O5S. The van der Waals surface area contributed by atoms with E-state index in [2.05, 4.69) is 0 Å². The van der Waals surface area contributed by atoms with Crippen molar-refractivity contribution in [3.8, 4) is 5.75 Å². The maximum absolute atomic E-state index is 13.1. The van der Waals surface area contributed by atoms with E-state index < -0.39 is 20.6 Å². The van der Waals surface area contributed by atoms with E-state index in [1.54, 1.807) is 0 Å². The zero-order valence-corrected chi connectivity index (χ0v) is 14.5. The van der Waals surface area contributed by atoms with Crippen LogP contribution in [0.25, 0.3) is 0 Å². The predicted molar refractivity (Wildman–Crippen MR) is 92.0 cm³/mol. The van der Waals surface area contributed by atoms with Crippen LogP contribution in [0, 0.1) is 10.1 Å². The van der Waals surface area contributed by atoms with Crippen molar-refractivity contribution >= 4 is 15.7 Å². The third-order valence-corrected chi connectivity index (χ3v) is 6.29. The maximum atomic E-state index is 13.1. The van der Waals surface area contributed by atoms with Gasteiger partial charge in [0.1, 0.15) is 5.75 Å². The number of nitro groups is 1. The van der Waals surface area contributed by atoms with Gasteiger partial charge in [-0.2, -0.15) is 4.31 Å². The van der Waals surface area contributed by atoms with Gasteiger partial charge in [-0.25, -0.2) is 8.42 Å². The van der Waals surface area contributed by atoms with Gasteiger partial charge in [-0.3, -0.25) is 10.1 Å². The van der Waals surface area contributed by atoms with Gasteiger partial charge in [0.25, 0.3) is 5.69 Å². The van der Waals surface area contributed by atoms with Crippen LogP contribution in [-0.4, -0.2) is 31.3 Å². The first-order valence-corrected chi connectivity index (χ1v) is 9.28. The highest BCUT2D eigenvalue weighted by Crippen LogP contribution is 2.39. The monoisotopic (exact) mass is 362 g/mol. The zero-order valence-electron chi connectivity index (χ0n) is 13.7. The summed E-state index contributed by atoms with van der Waals surface area (Å²) in [6.07, 6.45) is 1.40. The fourth-order valence-electron chi connectivity index (χ4n) is 3.15. The first-order valence-electron chi connectivity index (χ1n) is 7.84. The third kappa shape index (κ3) is 3.22. The fourth-order valence-corrected chi connectivity index (χ4v) is 4.97. The highest BCUT2D eigenvalue weighted by atomic mass is 32.2. The van der Waals surface area contributed by atoms with Gasteiger partial charge in [-0.15, -0.1) is 0 Å². The van der Waals surface area contributed by atoms with E-state index in [-0.39, 0.29) is 16.7 Å². The molecule has 1 atom stereocenters. The summed E-state index contributed by atoms with van der Waals surface area (Å²) in [5.74, 6) is 0.242. The molecule has 1 aliphatic heterocycles. The Hall–Kier alpha value is -2.45. The number of methoxy groups -OCH3 is 1. The van der Waals surface area contributed by atoms with Crippen molar-refractivity contribution in [2.45, 2.75) is 23.8 Å². The number of hydrogen-bond acceptors (Lipinski definition) is 5. The van der Waals surface area contributed by atoms with Crippen LogP contribution >= 0.6 is 0 Å². The summed E-state index contributed by atoms with van der Waals surface area (Å²) >= 11 is 0. The second kappa shape index (κ2) is 6.81. The average Bonchev–Trinajstić information content (AvgIpc) is 3.12. The first-order chi connectivity index (χ1) is 11.9. The smallest absolute Gasteiger partial charge is 0.293 e. The second-order valence-electron chi connectivity index (χ2n) is 5.78. The molecule has 1 unspecified atom stereocenters. The molecule has 0 amide bonds. The minimum Gasteiger partial charge on any atom is -0.497 e. The van der Waals surface area contributed by atoms with Gasteiger partial charge >= 0.3 is 0 Å². The summed E-state index contributed by atoms with van der Waals surface area (Å²) < 4.78 is 32.6. The molecule has 132 valence electrons. The number of rotatable bonds is 5. The Balaban J connectivity index is 2.06. The maximum Gasteiger partial charge on any atom is 0.293 e. The van der Waals surface area contributed by atoms with Crippen molar-refractivity contribution in [3.63, 3.8) is 0 Å². The van der Waals surface area contributed by atoms with Gasteiger partial charge in [-0.1, -0.05) is 30.3 Å². The van der Waals surface area contributed by atoms with Crippen molar-refractivity contribution in [2.75, 3.05) is 13.7 Å². The van der Waals surface area contributed by atoms with Gasteiger partial charge in [0, 0.05) is 6.54 Å². The number of nitro benzene ring substituents is 1. The molecule has 0 radical (unpaired) electrons. The molecule has 25 heavy (non-hydrogen) atoms. The molecule has 0 aromatic heterocycles. The van der Waals surface area contributed by atoms with Crippen LogP contribution in [0.1, 0.15) is 24.4 Å². The van der Waals surface area contributed by atoms with Gasteiger partial charge in [0.15, 0.2) is 4.90 Å². The lowest BCUT2D eigenvalue weighted by molar-refractivity contribution is -0.387. The molecule has 0 aliphatic carbocycles. The summed E-state index contributed by atoms with van der Waals surface area (Å²) in [4.78, 5) is 10.4. The van der Waals surface area contributed by atoms with Crippen molar-refractivity contribution in [1.82, 2.24) is 4.31 Å². The first kappa shape index (κ1) is 17.4. The predicted octanol–water partition coefficient (Wildman–Crippen LogP) is 3.13. The van der Waals surface area contributed by atoms with Crippen LogP contribution in [0.3, 0.4) is 0 Å². The highest BCUT2D eigenvalue weighted by molar-refractivity contribution is 7.89. The van der Waals surface area contributed by atoms with E-state index in [1.807, 2.05) is 30.3 Å². The SMILES string of the molecule is COc1ccc(S(=O)(=O)N2CCCC2c2ccccc2)c([N+](=O)[O-])c1. The van der Waals surface area contributed by atoms with Gasteiger partial charge in [0.2, 0.25) is 10.0 Å². The molecule has 2 aromatic carbocycles. The Kier molecular flexibility index (Phi) is 4.73. The minimum absolute atomic E-state index is 0.242. The molecule has 3 rings (SSSR count). The van der Waals surface area contributed by atoms with Crippen molar-refractivity contribution in [3.05, 3.63) is 64.2 Å². The summed E-state index contributed by atoms with van der Waals surface area (Å²) in [5.41, 5.74) is 0.415. The molecule has 7 nitrogen and oxygen atoms in total. The molecule has 1 aliphatic rings. The van der Waals surface area contributed by atoms with Gasteiger partial charge < -0.3 is 4.74 Å². The van der Waals surface area contributed by atoms with Gasteiger partial charge in [0.05, 0.1) is 24.1 Å². The summed E-state index contributed by atoms with van der Waals surface area (Å²) in [7, 11) is -2.63. The molecule has 0 saturated carbocycles. The molecule has 1 heterocycles. The van der Waals surface area contributed by atoms with Crippen LogP contribution in [0.2, 0.25) is 0 Å². The van der Waals surface area contributed by atoms with Crippen LogP contribution in [0.15, 0.2) is 53.4 Å². The van der Waals surface area contributed by atoms with E-state index in [0.717, 1.165) is 11.6 Å². The topological polar surface area (TPSA) is 89.8 Å². The molecule has 0 bridgehead atoms. The molecule has 0 N–H and O–H groups in total. The van der Waals surface area contributed by atoms with E-state index in [9.17, 15) is 18.5 Å².